The molecule has 29 heavy (non-hydrogen) atoms. The molecule has 0 aliphatic rings. The minimum Gasteiger partial charge on any atom is -0.469 e. The average molecular weight is 416 g/mol. The van der Waals surface area contributed by atoms with E-state index in [0.717, 1.165) is 5.56 Å². The van der Waals surface area contributed by atoms with E-state index in [1.165, 1.54) is 16.4 Å². The molecule has 2 aromatic carbocycles. The molecule has 9 heteroatoms. The van der Waals surface area contributed by atoms with Crippen LogP contribution in [0.2, 0.25) is 0 Å². The number of aryl methyl sites for hydroxylation is 2. The monoisotopic (exact) mass is 415 g/mol. The Labute approximate surface area is 173 Å². The van der Waals surface area contributed by atoms with Crippen molar-refractivity contribution in [2.45, 2.75) is 19.8 Å². The number of rotatable bonds is 6. The number of nitrogens with one attached hydrogen (secondary N) is 1. The van der Waals surface area contributed by atoms with Crippen LogP contribution in [0.1, 0.15) is 23.4 Å². The van der Waals surface area contributed by atoms with E-state index in [0.29, 0.717) is 35.6 Å². The standard InChI is InChI=1S/C20H21N5O3.ClH/c1-13-23-25(17-8-3-14(4-9-17)5-12-18(26)28-2)20(27)24(13)16-10-6-15(7-11-16)19(21)22;/h3-4,6-11H,5,12H2,1-2H3,(H3,21,22);1H. The number of carbonyl (C=O) groups excluding carboxylic acids is 1. The van der Waals surface area contributed by atoms with Crippen molar-refractivity contribution >= 4 is 24.2 Å². The van der Waals surface area contributed by atoms with Crippen molar-refractivity contribution in [2.75, 3.05) is 7.11 Å². The van der Waals surface area contributed by atoms with Crippen LogP contribution in [0.4, 0.5) is 0 Å². The second-order valence-electron chi connectivity index (χ2n) is 6.28. The first-order valence-electron chi connectivity index (χ1n) is 8.70. The highest BCUT2D eigenvalue weighted by Crippen LogP contribution is 2.13. The van der Waals surface area contributed by atoms with Gasteiger partial charge in [-0.05, 0) is 55.3 Å². The van der Waals surface area contributed by atoms with Crippen molar-refractivity contribution in [2.24, 2.45) is 5.73 Å². The highest BCUT2D eigenvalue weighted by atomic mass is 35.5. The topological polar surface area (TPSA) is 116 Å². The number of ether oxygens (including phenoxy) is 1. The normalized spacial score (nSPS) is 10.3. The van der Waals surface area contributed by atoms with Crippen molar-refractivity contribution in [3.63, 3.8) is 0 Å². The lowest BCUT2D eigenvalue weighted by atomic mass is 10.1. The Kier molecular flexibility index (Phi) is 6.95. The van der Waals surface area contributed by atoms with E-state index in [1.54, 1.807) is 43.3 Å². The first-order valence-corrected chi connectivity index (χ1v) is 8.70. The lowest BCUT2D eigenvalue weighted by molar-refractivity contribution is -0.140. The maximum absolute atomic E-state index is 12.9. The predicted octanol–water partition coefficient (Wildman–Crippen LogP) is 2.14. The van der Waals surface area contributed by atoms with Gasteiger partial charge in [0.2, 0.25) is 0 Å². The number of aromatic nitrogens is 3. The van der Waals surface area contributed by atoms with E-state index in [2.05, 4.69) is 9.84 Å². The van der Waals surface area contributed by atoms with Crippen LogP contribution < -0.4 is 11.4 Å². The number of hydrogen-bond acceptors (Lipinski definition) is 5. The molecule has 3 aromatic rings. The molecule has 3 rings (SSSR count). The average Bonchev–Trinajstić information content (AvgIpc) is 3.00. The number of nitrogen functional groups attached to an aromatic ring is 1. The van der Waals surface area contributed by atoms with Gasteiger partial charge in [-0.1, -0.05) is 12.1 Å². The van der Waals surface area contributed by atoms with Crippen molar-refractivity contribution in [3.8, 4) is 11.4 Å². The Balaban J connectivity index is 0.00000300. The zero-order valence-corrected chi connectivity index (χ0v) is 16.9. The summed E-state index contributed by atoms with van der Waals surface area (Å²) in [6.45, 7) is 1.75. The quantitative estimate of drug-likeness (QED) is 0.363. The summed E-state index contributed by atoms with van der Waals surface area (Å²) in [7, 11) is 1.37. The number of benzene rings is 2. The number of hydrogen-bond donors (Lipinski definition) is 2. The van der Waals surface area contributed by atoms with Gasteiger partial charge in [0.05, 0.1) is 18.5 Å². The zero-order valence-electron chi connectivity index (χ0n) is 16.1. The minimum absolute atomic E-state index is 0. The Morgan fingerprint density at radius 1 is 1.10 bits per heavy atom. The van der Waals surface area contributed by atoms with Gasteiger partial charge >= 0.3 is 11.7 Å². The second kappa shape index (κ2) is 9.20. The van der Waals surface area contributed by atoms with Crippen molar-refractivity contribution in [1.29, 1.82) is 5.41 Å². The molecule has 0 aliphatic heterocycles. The molecular weight excluding hydrogens is 394 g/mol. The molecular formula is C20H22ClN5O3. The summed E-state index contributed by atoms with van der Waals surface area (Å²) in [4.78, 5) is 24.1. The molecule has 152 valence electrons. The fraction of sp³-hybridized carbons (Fsp3) is 0.200. The highest BCUT2D eigenvalue weighted by Gasteiger charge is 2.13. The van der Waals surface area contributed by atoms with Crippen LogP contribution in [0.3, 0.4) is 0 Å². The lowest BCUT2D eigenvalue weighted by Gasteiger charge is -2.05. The molecule has 0 amide bonds. The molecule has 3 N–H and O–H groups in total. The zero-order chi connectivity index (χ0) is 20.3. The maximum atomic E-state index is 12.9. The van der Waals surface area contributed by atoms with E-state index in [-0.39, 0.29) is 29.9 Å². The minimum atomic E-state index is -0.296. The molecule has 0 bridgehead atoms. The van der Waals surface area contributed by atoms with E-state index in [1.807, 2.05) is 12.1 Å². The number of nitrogens with zero attached hydrogens (tertiary/aromatic N) is 3. The van der Waals surface area contributed by atoms with Gasteiger partial charge in [-0.15, -0.1) is 17.5 Å². The van der Waals surface area contributed by atoms with Gasteiger partial charge < -0.3 is 10.5 Å². The van der Waals surface area contributed by atoms with Gasteiger partial charge in [0.1, 0.15) is 11.7 Å². The van der Waals surface area contributed by atoms with Crippen molar-refractivity contribution in [1.82, 2.24) is 14.3 Å². The van der Waals surface area contributed by atoms with E-state index in [4.69, 9.17) is 11.1 Å². The van der Waals surface area contributed by atoms with Crippen LogP contribution in [-0.2, 0) is 16.0 Å². The molecule has 0 radical (unpaired) electrons. The van der Waals surface area contributed by atoms with Gasteiger partial charge in [0, 0.05) is 12.0 Å². The largest absolute Gasteiger partial charge is 0.469 e. The van der Waals surface area contributed by atoms with Gasteiger partial charge in [-0.25, -0.2) is 9.36 Å². The molecule has 0 spiro atoms. The summed E-state index contributed by atoms with van der Waals surface area (Å²) in [5.74, 6) is 0.249. The van der Waals surface area contributed by atoms with Crippen LogP contribution >= 0.6 is 12.4 Å². The Bertz CT molecular complexity index is 1070. The second-order valence-corrected chi connectivity index (χ2v) is 6.28. The molecule has 1 aromatic heterocycles. The fourth-order valence-corrected chi connectivity index (χ4v) is 2.87. The fourth-order valence-electron chi connectivity index (χ4n) is 2.87. The molecule has 0 fully saturated rings. The van der Waals surface area contributed by atoms with Crippen LogP contribution in [0.25, 0.3) is 11.4 Å². The molecule has 0 saturated carbocycles. The van der Waals surface area contributed by atoms with Crippen molar-refractivity contribution in [3.05, 3.63) is 76.0 Å². The first-order chi connectivity index (χ1) is 13.4. The van der Waals surface area contributed by atoms with E-state index in [9.17, 15) is 9.59 Å². The molecule has 8 nitrogen and oxygen atoms in total. The molecule has 0 unspecified atom stereocenters. The smallest absolute Gasteiger partial charge is 0.355 e. The molecule has 0 aliphatic carbocycles. The summed E-state index contributed by atoms with van der Waals surface area (Å²) in [5, 5.41) is 11.8. The Morgan fingerprint density at radius 2 is 1.69 bits per heavy atom. The molecule has 1 heterocycles. The Hall–Kier alpha value is -3.39. The summed E-state index contributed by atoms with van der Waals surface area (Å²) < 4.78 is 7.47. The van der Waals surface area contributed by atoms with Crippen LogP contribution in [0, 0.1) is 12.3 Å². The summed E-state index contributed by atoms with van der Waals surface area (Å²) >= 11 is 0. The number of esters is 1. The third-order valence-corrected chi connectivity index (χ3v) is 4.40. The van der Waals surface area contributed by atoms with E-state index >= 15 is 0 Å². The molecule has 0 atom stereocenters. The molecule has 0 saturated heterocycles. The number of nitrogens with two attached hydrogens (primary N) is 1. The third kappa shape index (κ3) is 4.72. The van der Waals surface area contributed by atoms with Crippen molar-refractivity contribution < 1.29 is 9.53 Å². The number of amidine groups is 1. The van der Waals surface area contributed by atoms with Gasteiger partial charge in [-0.3, -0.25) is 10.2 Å². The summed E-state index contributed by atoms with van der Waals surface area (Å²) in [6, 6.07) is 14.2. The van der Waals surface area contributed by atoms with E-state index < -0.39 is 0 Å². The Morgan fingerprint density at radius 3 is 2.24 bits per heavy atom. The van der Waals surface area contributed by atoms with Gasteiger partial charge in [0.15, 0.2) is 0 Å². The highest BCUT2D eigenvalue weighted by molar-refractivity contribution is 5.95. The number of carbonyl (C=O) groups is 1. The van der Waals surface area contributed by atoms with Crippen LogP contribution in [-0.4, -0.2) is 33.3 Å². The maximum Gasteiger partial charge on any atom is 0.355 e. The first kappa shape index (κ1) is 21.9. The van der Waals surface area contributed by atoms with Crippen LogP contribution in [0.5, 0.6) is 0 Å². The van der Waals surface area contributed by atoms with Gasteiger partial charge in [0.25, 0.3) is 0 Å². The summed E-state index contributed by atoms with van der Waals surface area (Å²) in [5.41, 5.74) is 8.02. The predicted molar refractivity (Wildman–Crippen MR) is 112 cm³/mol. The SMILES string of the molecule is COC(=O)CCc1ccc(-n2nc(C)n(-c3ccc(C(=N)N)cc3)c2=O)cc1.Cl. The summed E-state index contributed by atoms with van der Waals surface area (Å²) in [6.07, 6.45) is 0.873. The number of halogens is 1. The van der Waals surface area contributed by atoms with Crippen LogP contribution in [0.15, 0.2) is 53.3 Å². The van der Waals surface area contributed by atoms with Gasteiger partial charge in [-0.2, -0.15) is 4.68 Å². The number of methoxy groups -OCH3 is 1. The lowest BCUT2D eigenvalue weighted by Crippen LogP contribution is -2.23. The third-order valence-electron chi connectivity index (χ3n) is 4.40.